The topological polar surface area (TPSA) is 51.6 Å². The van der Waals surface area contributed by atoms with Gasteiger partial charge in [-0.15, -0.1) is 0 Å². The van der Waals surface area contributed by atoms with Crippen LogP contribution in [0.3, 0.4) is 0 Å². The lowest BCUT2D eigenvalue weighted by atomic mass is 10.3. The molecule has 0 N–H and O–H groups in total. The molecule has 0 atom stereocenters. The van der Waals surface area contributed by atoms with Crippen LogP contribution in [-0.4, -0.2) is 19.9 Å². The highest BCUT2D eigenvalue weighted by molar-refractivity contribution is 6.30. The lowest BCUT2D eigenvalue weighted by Gasteiger charge is -2.04. The van der Waals surface area contributed by atoms with Crippen molar-refractivity contribution in [1.29, 1.82) is 0 Å². The van der Waals surface area contributed by atoms with Gasteiger partial charge in [-0.3, -0.25) is 0 Å². The average Bonchev–Trinajstić information content (AvgIpc) is 2.35. The number of hydrogen-bond donors (Lipinski definition) is 0. The summed E-state index contributed by atoms with van der Waals surface area (Å²) in [6, 6.07) is 0. The predicted molar refractivity (Wildman–Crippen MR) is 53.9 cm³/mol. The molecule has 2 heterocycles. The summed E-state index contributed by atoms with van der Waals surface area (Å²) in [4.78, 5) is 10.8. The van der Waals surface area contributed by atoms with E-state index in [9.17, 15) is 30.7 Å². The fraction of sp³-hybridized carbons (Fsp3) is 0.111. The third-order valence-corrected chi connectivity index (χ3v) is 2.03. The molecular weight excluding hydrogens is 333 g/mol. The summed E-state index contributed by atoms with van der Waals surface area (Å²) in [7, 11) is 0. The molecule has 4 nitrogen and oxygen atoms in total. The molecule has 0 unspecified atom stereocenters. The molecule has 0 bridgehead atoms. The highest BCUT2D eigenvalue weighted by Gasteiger charge is 2.35. The number of halogens is 8. The molecule has 2 rings (SSSR count). The molecule has 2 aromatic rings. The maximum Gasteiger partial charge on any atom is 0.422 e. The van der Waals surface area contributed by atoms with Crippen LogP contribution in [0, 0.1) is 23.9 Å². The van der Waals surface area contributed by atoms with Crippen LogP contribution < -0.4 is 0 Å². The largest absolute Gasteiger partial charge is 0.422 e. The van der Waals surface area contributed by atoms with E-state index in [2.05, 4.69) is 19.9 Å². The van der Waals surface area contributed by atoms with Crippen molar-refractivity contribution < 1.29 is 30.7 Å². The monoisotopic (exact) mass is 334 g/mol. The fourth-order valence-electron chi connectivity index (χ4n) is 0.860. The van der Waals surface area contributed by atoms with Gasteiger partial charge in [0.25, 0.3) is 0 Å². The Morgan fingerprint density at radius 1 is 0.857 bits per heavy atom. The molecule has 12 heteroatoms. The fourth-order valence-corrected chi connectivity index (χ4v) is 0.958. The van der Waals surface area contributed by atoms with Crippen molar-refractivity contribution >= 4 is 11.6 Å². The summed E-state index contributed by atoms with van der Waals surface area (Å²) in [6.07, 6.45) is -5.60. The van der Waals surface area contributed by atoms with Gasteiger partial charge in [-0.05, 0) is 0 Å². The van der Waals surface area contributed by atoms with E-state index in [0.717, 1.165) is 6.33 Å². The zero-order chi connectivity index (χ0) is 16.2. The lowest BCUT2D eigenvalue weighted by Crippen LogP contribution is -2.11. The SMILES string of the molecule is Fc1ncc(C(F)(F)F)c(F)n1.Fc1ncnc(F)c1Cl. The van der Waals surface area contributed by atoms with Crippen LogP contribution in [0.25, 0.3) is 0 Å². The highest BCUT2D eigenvalue weighted by atomic mass is 35.5. The van der Waals surface area contributed by atoms with Gasteiger partial charge < -0.3 is 0 Å². The van der Waals surface area contributed by atoms with Gasteiger partial charge in [-0.2, -0.15) is 35.7 Å². The zero-order valence-corrected chi connectivity index (χ0v) is 10.2. The Bertz CT molecular complexity index is 614. The molecule has 0 saturated carbocycles. The predicted octanol–water partition coefficient (Wildman–Crippen LogP) is 3.18. The van der Waals surface area contributed by atoms with Crippen LogP contribution in [-0.2, 0) is 6.18 Å². The Morgan fingerprint density at radius 3 is 1.76 bits per heavy atom. The molecule has 0 aliphatic carbocycles. The molecule has 114 valence electrons. The van der Waals surface area contributed by atoms with Crippen LogP contribution in [0.1, 0.15) is 5.56 Å². The van der Waals surface area contributed by atoms with Crippen LogP contribution >= 0.6 is 11.6 Å². The Hall–Kier alpha value is -2.04. The second-order valence-corrected chi connectivity index (χ2v) is 3.49. The summed E-state index contributed by atoms with van der Waals surface area (Å²) < 4.78 is 83.5. The minimum absolute atomic E-state index is 0.0532. The van der Waals surface area contributed by atoms with E-state index in [1.165, 1.54) is 0 Å². The summed E-state index contributed by atoms with van der Waals surface area (Å²) >= 11 is 5.00. The minimum Gasteiger partial charge on any atom is -0.210 e. The molecule has 0 radical (unpaired) electrons. The molecular formula is C9H2ClF7N4. The normalized spacial score (nSPS) is 10.9. The van der Waals surface area contributed by atoms with E-state index >= 15 is 0 Å². The summed E-state index contributed by atoms with van der Waals surface area (Å²) in [5.74, 6) is -3.98. The van der Waals surface area contributed by atoms with Gasteiger partial charge in [0.05, 0.1) is 0 Å². The molecule has 0 saturated heterocycles. The van der Waals surface area contributed by atoms with Crippen molar-refractivity contribution in [3.63, 3.8) is 0 Å². The second kappa shape index (κ2) is 6.61. The quantitative estimate of drug-likeness (QED) is 0.422. The molecule has 0 aromatic carbocycles. The van der Waals surface area contributed by atoms with E-state index in [4.69, 9.17) is 11.6 Å². The van der Waals surface area contributed by atoms with E-state index in [0.29, 0.717) is 0 Å². The highest BCUT2D eigenvalue weighted by Crippen LogP contribution is 2.29. The number of nitrogens with zero attached hydrogens (tertiary/aromatic N) is 4. The first-order chi connectivity index (χ1) is 9.62. The summed E-state index contributed by atoms with van der Waals surface area (Å²) in [6.45, 7) is 0. The Morgan fingerprint density at radius 2 is 1.38 bits per heavy atom. The molecule has 0 spiro atoms. The number of aromatic nitrogens is 4. The third-order valence-electron chi connectivity index (χ3n) is 1.72. The van der Waals surface area contributed by atoms with Gasteiger partial charge in [-0.25, -0.2) is 15.0 Å². The van der Waals surface area contributed by atoms with Crippen LogP contribution in [0.15, 0.2) is 12.5 Å². The lowest BCUT2D eigenvalue weighted by molar-refractivity contribution is -0.140. The van der Waals surface area contributed by atoms with Crippen molar-refractivity contribution in [2.75, 3.05) is 0 Å². The number of rotatable bonds is 0. The summed E-state index contributed by atoms with van der Waals surface area (Å²) in [5.41, 5.74) is -1.68. The van der Waals surface area contributed by atoms with Gasteiger partial charge in [-0.1, -0.05) is 11.6 Å². The number of alkyl halides is 3. The Kier molecular flexibility index (Phi) is 5.35. The van der Waals surface area contributed by atoms with Gasteiger partial charge >= 0.3 is 12.3 Å². The van der Waals surface area contributed by atoms with Crippen LogP contribution in [0.2, 0.25) is 5.02 Å². The van der Waals surface area contributed by atoms with E-state index in [1.807, 2.05) is 0 Å². The smallest absolute Gasteiger partial charge is 0.210 e. The molecule has 0 aliphatic heterocycles. The molecule has 21 heavy (non-hydrogen) atoms. The second-order valence-electron chi connectivity index (χ2n) is 3.11. The standard InChI is InChI=1S/C5HF5N2.C4HClF2N2/c6-3-2(5(8,9)10)1-11-4(7)12-3;5-2-3(6)8-1-9-4(2)7/h1H;1H. The Labute approximate surface area is 116 Å². The average molecular weight is 335 g/mol. The molecule has 0 fully saturated rings. The minimum atomic E-state index is -4.89. The van der Waals surface area contributed by atoms with Crippen LogP contribution in [0.5, 0.6) is 0 Å². The number of hydrogen-bond acceptors (Lipinski definition) is 4. The third kappa shape index (κ3) is 4.77. The first-order valence-electron chi connectivity index (χ1n) is 4.69. The summed E-state index contributed by atoms with van der Waals surface area (Å²) in [5, 5.41) is -0.669. The van der Waals surface area contributed by atoms with Gasteiger partial charge in [0.2, 0.25) is 17.8 Å². The first-order valence-corrected chi connectivity index (χ1v) is 5.07. The van der Waals surface area contributed by atoms with Crippen LogP contribution in [0.4, 0.5) is 30.7 Å². The van der Waals surface area contributed by atoms with E-state index in [1.54, 1.807) is 0 Å². The van der Waals surface area contributed by atoms with Crippen molar-refractivity contribution in [1.82, 2.24) is 19.9 Å². The van der Waals surface area contributed by atoms with Crippen molar-refractivity contribution in [2.24, 2.45) is 0 Å². The first kappa shape index (κ1) is 17.0. The molecule has 0 aliphatic rings. The van der Waals surface area contributed by atoms with Gasteiger partial charge in [0.15, 0.2) is 5.02 Å². The van der Waals surface area contributed by atoms with Crippen molar-refractivity contribution in [3.05, 3.63) is 47.0 Å². The van der Waals surface area contributed by atoms with E-state index in [-0.39, 0.29) is 6.20 Å². The molecule has 0 amide bonds. The zero-order valence-electron chi connectivity index (χ0n) is 9.47. The maximum atomic E-state index is 12.2. The van der Waals surface area contributed by atoms with Crippen molar-refractivity contribution in [2.45, 2.75) is 6.18 Å². The van der Waals surface area contributed by atoms with Crippen molar-refractivity contribution in [3.8, 4) is 0 Å². The van der Waals surface area contributed by atoms with Gasteiger partial charge in [0.1, 0.15) is 11.9 Å². The van der Waals surface area contributed by atoms with E-state index < -0.39 is 40.7 Å². The maximum absolute atomic E-state index is 12.2. The van der Waals surface area contributed by atoms with Gasteiger partial charge in [0, 0.05) is 6.20 Å². The Balaban J connectivity index is 0.000000219. The molecule has 2 aromatic heterocycles.